The van der Waals surface area contributed by atoms with Crippen molar-refractivity contribution in [3.05, 3.63) is 0 Å². The molecule has 0 radical (unpaired) electrons. The predicted octanol–water partition coefficient (Wildman–Crippen LogP) is 0.443. The molecule has 0 atom stereocenters. The van der Waals surface area contributed by atoms with Gasteiger partial charge in [-0.3, -0.25) is 0 Å². The van der Waals surface area contributed by atoms with Gasteiger partial charge in [0.15, 0.2) is 0 Å². The van der Waals surface area contributed by atoms with Crippen molar-refractivity contribution in [1.29, 1.82) is 0 Å². The molecular weight excluding hydrogens is 200 g/mol. The van der Waals surface area contributed by atoms with Gasteiger partial charge in [0.1, 0.15) is 0 Å². The van der Waals surface area contributed by atoms with E-state index in [2.05, 4.69) is 4.72 Å². The second kappa shape index (κ2) is 3.47. The van der Waals surface area contributed by atoms with Gasteiger partial charge in [0.05, 0.1) is 4.75 Å². The second-order valence-corrected chi connectivity index (χ2v) is 7.01. The molecule has 0 unspecified atom stereocenters. The first-order chi connectivity index (χ1) is 6.27. The maximum atomic E-state index is 12.0. The lowest BCUT2D eigenvalue weighted by Gasteiger charge is -2.30. The molecule has 0 aromatic rings. The molecule has 0 saturated heterocycles. The molecule has 0 heterocycles. The number of nitrogens with one attached hydrogen (secondary N) is 1. The van der Waals surface area contributed by atoms with Gasteiger partial charge in [0.25, 0.3) is 0 Å². The van der Waals surface area contributed by atoms with Crippen LogP contribution in [0.1, 0.15) is 33.6 Å². The normalized spacial score (nSPS) is 20.9. The van der Waals surface area contributed by atoms with E-state index in [4.69, 9.17) is 5.73 Å². The minimum absolute atomic E-state index is 0.201. The lowest BCUT2D eigenvalue weighted by atomic mass is 9.90. The van der Waals surface area contributed by atoms with Gasteiger partial charge in [-0.2, -0.15) is 0 Å². The van der Waals surface area contributed by atoms with Gasteiger partial charge in [-0.15, -0.1) is 0 Å². The molecule has 0 amide bonds. The van der Waals surface area contributed by atoms with Crippen molar-refractivity contribution in [1.82, 2.24) is 4.72 Å². The van der Waals surface area contributed by atoms with E-state index in [0.717, 1.165) is 12.8 Å². The SMILES string of the molecule is CC(C)(C)C1(S(=O)(=O)NCCN)CC1. The Bertz CT molecular complexity index is 299. The van der Waals surface area contributed by atoms with Crippen LogP contribution in [0.25, 0.3) is 0 Å². The molecule has 1 saturated carbocycles. The highest BCUT2D eigenvalue weighted by Gasteiger charge is 2.61. The Balaban J connectivity index is 2.83. The van der Waals surface area contributed by atoms with E-state index in [9.17, 15) is 8.42 Å². The fraction of sp³-hybridized carbons (Fsp3) is 1.00. The minimum atomic E-state index is -3.20. The Labute approximate surface area is 86.3 Å². The van der Waals surface area contributed by atoms with E-state index in [1.54, 1.807) is 0 Å². The van der Waals surface area contributed by atoms with Crippen LogP contribution in [0.5, 0.6) is 0 Å². The summed E-state index contributed by atoms with van der Waals surface area (Å²) in [6.07, 6.45) is 1.52. The minimum Gasteiger partial charge on any atom is -0.329 e. The molecule has 3 N–H and O–H groups in total. The summed E-state index contributed by atoms with van der Waals surface area (Å²) in [5.74, 6) is 0. The topological polar surface area (TPSA) is 72.2 Å². The lowest BCUT2D eigenvalue weighted by molar-refractivity contribution is 0.359. The number of hydrogen-bond acceptors (Lipinski definition) is 3. The number of hydrogen-bond donors (Lipinski definition) is 2. The van der Waals surface area contributed by atoms with Crippen LogP contribution in [-0.2, 0) is 10.0 Å². The van der Waals surface area contributed by atoms with E-state index in [1.165, 1.54) is 0 Å². The highest BCUT2D eigenvalue weighted by Crippen LogP contribution is 2.55. The standard InChI is InChI=1S/C9H20N2O2S/c1-8(2,3)9(4-5-9)14(12,13)11-7-6-10/h11H,4-7,10H2,1-3H3. The average molecular weight is 220 g/mol. The van der Waals surface area contributed by atoms with Gasteiger partial charge in [-0.1, -0.05) is 20.8 Å². The van der Waals surface area contributed by atoms with E-state index in [0.29, 0.717) is 13.1 Å². The third kappa shape index (κ3) is 1.81. The Morgan fingerprint density at radius 2 is 1.86 bits per heavy atom. The summed E-state index contributed by atoms with van der Waals surface area (Å²) in [7, 11) is -3.20. The zero-order valence-corrected chi connectivity index (χ0v) is 9.95. The number of sulfonamides is 1. The first-order valence-electron chi connectivity index (χ1n) is 4.96. The Morgan fingerprint density at radius 3 is 2.14 bits per heavy atom. The molecule has 0 bridgehead atoms. The summed E-state index contributed by atoms with van der Waals surface area (Å²) >= 11 is 0. The monoisotopic (exact) mass is 220 g/mol. The average Bonchev–Trinajstić information content (AvgIpc) is 2.78. The van der Waals surface area contributed by atoms with Crippen LogP contribution >= 0.6 is 0 Å². The molecule has 1 aliphatic carbocycles. The highest BCUT2D eigenvalue weighted by atomic mass is 32.2. The van der Waals surface area contributed by atoms with Crippen molar-refractivity contribution in [2.24, 2.45) is 11.1 Å². The summed E-state index contributed by atoms with van der Waals surface area (Å²) in [5.41, 5.74) is 5.08. The third-order valence-electron chi connectivity index (χ3n) is 3.02. The fourth-order valence-corrected chi connectivity index (χ4v) is 3.98. The molecule has 1 rings (SSSR count). The van der Waals surface area contributed by atoms with Crippen LogP contribution in [0.3, 0.4) is 0 Å². The molecule has 5 heteroatoms. The summed E-state index contributed by atoms with van der Waals surface area (Å²) in [6, 6.07) is 0. The molecule has 0 spiro atoms. The summed E-state index contributed by atoms with van der Waals surface area (Å²) in [6.45, 7) is 6.60. The molecule has 1 fully saturated rings. The highest BCUT2D eigenvalue weighted by molar-refractivity contribution is 7.91. The zero-order valence-electron chi connectivity index (χ0n) is 9.13. The molecule has 14 heavy (non-hydrogen) atoms. The molecule has 84 valence electrons. The smallest absolute Gasteiger partial charge is 0.217 e. The van der Waals surface area contributed by atoms with Crippen molar-refractivity contribution in [3.8, 4) is 0 Å². The van der Waals surface area contributed by atoms with Crippen LogP contribution in [0.4, 0.5) is 0 Å². The van der Waals surface area contributed by atoms with Gasteiger partial charge < -0.3 is 5.73 Å². The Morgan fingerprint density at radius 1 is 1.36 bits per heavy atom. The summed E-state index contributed by atoms with van der Waals surface area (Å²) in [4.78, 5) is 0. The first-order valence-corrected chi connectivity index (χ1v) is 6.44. The van der Waals surface area contributed by atoms with E-state index in [1.807, 2.05) is 20.8 Å². The Kier molecular flexibility index (Phi) is 2.96. The van der Waals surface area contributed by atoms with Gasteiger partial charge in [0.2, 0.25) is 10.0 Å². The lowest BCUT2D eigenvalue weighted by Crippen LogP contribution is -2.45. The van der Waals surface area contributed by atoms with Crippen molar-refractivity contribution in [2.75, 3.05) is 13.1 Å². The molecule has 0 aliphatic heterocycles. The fourth-order valence-electron chi connectivity index (χ4n) is 1.87. The molecule has 4 nitrogen and oxygen atoms in total. The first kappa shape index (κ1) is 11.9. The summed E-state index contributed by atoms with van der Waals surface area (Å²) < 4.78 is 25.9. The van der Waals surface area contributed by atoms with Gasteiger partial charge in [-0.25, -0.2) is 13.1 Å². The Hall–Kier alpha value is -0.130. The van der Waals surface area contributed by atoms with Gasteiger partial charge >= 0.3 is 0 Å². The van der Waals surface area contributed by atoms with Crippen LogP contribution in [0.15, 0.2) is 0 Å². The molecular formula is C9H20N2O2S. The molecule has 1 aliphatic rings. The predicted molar refractivity (Wildman–Crippen MR) is 57.4 cm³/mol. The van der Waals surface area contributed by atoms with E-state index in [-0.39, 0.29) is 5.41 Å². The van der Waals surface area contributed by atoms with Crippen molar-refractivity contribution in [2.45, 2.75) is 38.4 Å². The maximum absolute atomic E-state index is 12.0. The number of rotatable bonds is 4. The van der Waals surface area contributed by atoms with Gasteiger partial charge in [0, 0.05) is 13.1 Å². The summed E-state index contributed by atoms with van der Waals surface area (Å²) in [5, 5.41) is 0. The van der Waals surface area contributed by atoms with E-state index >= 15 is 0 Å². The van der Waals surface area contributed by atoms with Crippen molar-refractivity contribution in [3.63, 3.8) is 0 Å². The van der Waals surface area contributed by atoms with Crippen molar-refractivity contribution >= 4 is 10.0 Å². The third-order valence-corrected chi connectivity index (χ3v) is 5.66. The van der Waals surface area contributed by atoms with Crippen LogP contribution in [0, 0.1) is 5.41 Å². The van der Waals surface area contributed by atoms with Crippen LogP contribution < -0.4 is 10.5 Å². The second-order valence-electron chi connectivity index (χ2n) is 4.93. The largest absolute Gasteiger partial charge is 0.329 e. The maximum Gasteiger partial charge on any atom is 0.217 e. The molecule has 0 aromatic carbocycles. The van der Waals surface area contributed by atoms with E-state index < -0.39 is 14.8 Å². The molecule has 0 aromatic heterocycles. The zero-order chi connectivity index (χ0) is 11.0. The van der Waals surface area contributed by atoms with Gasteiger partial charge in [-0.05, 0) is 18.3 Å². The van der Waals surface area contributed by atoms with Crippen LogP contribution in [-0.4, -0.2) is 26.3 Å². The quantitative estimate of drug-likeness (QED) is 0.722. The van der Waals surface area contributed by atoms with Crippen molar-refractivity contribution < 1.29 is 8.42 Å². The van der Waals surface area contributed by atoms with Crippen LogP contribution in [0.2, 0.25) is 0 Å². The number of nitrogens with two attached hydrogens (primary N) is 1.